The molecule has 0 saturated carbocycles. The van der Waals surface area contributed by atoms with Crippen LogP contribution in [0.2, 0.25) is 0 Å². The quantitative estimate of drug-likeness (QED) is 0.144. The molecule has 0 saturated heterocycles. The van der Waals surface area contributed by atoms with Gasteiger partial charge in [0.2, 0.25) is 0 Å². The van der Waals surface area contributed by atoms with Crippen LogP contribution in [-0.4, -0.2) is 19.9 Å². The maximum Gasteiger partial charge on any atom is 0.164 e. The van der Waals surface area contributed by atoms with Crippen molar-refractivity contribution in [2.45, 2.75) is 0 Å². The zero-order valence-corrected chi connectivity index (χ0v) is 33.7. The van der Waals surface area contributed by atoms with Gasteiger partial charge in [-0.1, -0.05) is 212 Å². The Kier molecular flexibility index (Phi) is 9.49. The van der Waals surface area contributed by atoms with Gasteiger partial charge in [0.25, 0.3) is 0 Å². The van der Waals surface area contributed by atoms with E-state index in [9.17, 15) is 0 Å². The summed E-state index contributed by atoms with van der Waals surface area (Å²) in [7, 11) is 0. The van der Waals surface area contributed by atoms with Crippen LogP contribution in [0.4, 0.5) is 0 Å². The van der Waals surface area contributed by atoms with Gasteiger partial charge in [0.15, 0.2) is 17.5 Å². The SMILES string of the molecule is c1ccc(-c2ccc(-c3nc(-c4ccc(-c5ccccc5)cc4)nc(-c4ccc(-c5ccc(-c6ccc(-c7cc8cccnc8c8ccccc78)cc6)cc5)cc4)n3)cc2)cc1. The van der Waals surface area contributed by atoms with Crippen LogP contribution in [0.15, 0.2) is 231 Å². The number of nitrogens with zero attached hydrogens (tertiary/aromatic N) is 4. The van der Waals surface area contributed by atoms with Crippen LogP contribution < -0.4 is 0 Å². The molecule has 0 spiro atoms. The number of fused-ring (bicyclic) bond motifs is 3. The second-order valence-electron chi connectivity index (χ2n) is 15.5. The summed E-state index contributed by atoms with van der Waals surface area (Å²) < 4.78 is 0. The van der Waals surface area contributed by atoms with E-state index in [2.05, 4.69) is 211 Å². The maximum absolute atomic E-state index is 5.04. The third-order valence-electron chi connectivity index (χ3n) is 11.6. The van der Waals surface area contributed by atoms with Gasteiger partial charge in [0.05, 0.1) is 5.52 Å². The third-order valence-corrected chi connectivity index (χ3v) is 11.6. The number of benzene rings is 9. The van der Waals surface area contributed by atoms with Gasteiger partial charge < -0.3 is 0 Å². The maximum atomic E-state index is 5.04. The van der Waals surface area contributed by atoms with Gasteiger partial charge in [-0.2, -0.15) is 0 Å². The molecule has 4 nitrogen and oxygen atoms in total. The van der Waals surface area contributed by atoms with E-state index in [-0.39, 0.29) is 0 Å². The number of aromatic nitrogens is 4. The normalized spacial score (nSPS) is 11.2. The number of pyridine rings is 1. The van der Waals surface area contributed by atoms with Crippen molar-refractivity contribution in [1.82, 2.24) is 19.9 Å². The highest BCUT2D eigenvalue weighted by molar-refractivity contribution is 6.12. The van der Waals surface area contributed by atoms with E-state index in [0.29, 0.717) is 17.5 Å². The molecule has 0 aliphatic carbocycles. The highest BCUT2D eigenvalue weighted by Gasteiger charge is 2.14. The van der Waals surface area contributed by atoms with Gasteiger partial charge in [-0.15, -0.1) is 0 Å². The van der Waals surface area contributed by atoms with E-state index >= 15 is 0 Å². The van der Waals surface area contributed by atoms with Crippen molar-refractivity contribution >= 4 is 21.7 Å². The molecule has 0 bridgehead atoms. The van der Waals surface area contributed by atoms with Gasteiger partial charge in [-0.25, -0.2) is 15.0 Å². The molecule has 2 aromatic heterocycles. The summed E-state index contributed by atoms with van der Waals surface area (Å²) in [5, 5.41) is 3.53. The van der Waals surface area contributed by atoms with Gasteiger partial charge in [-0.05, 0) is 73.2 Å². The molecule has 0 amide bonds. The minimum Gasteiger partial charge on any atom is -0.256 e. The Hall–Kier alpha value is -8.34. The lowest BCUT2D eigenvalue weighted by Crippen LogP contribution is -2.00. The molecule has 4 heteroatoms. The Morgan fingerprint density at radius 2 is 0.565 bits per heavy atom. The summed E-state index contributed by atoms with van der Waals surface area (Å²) in [5.74, 6) is 1.89. The van der Waals surface area contributed by atoms with Gasteiger partial charge in [-0.3, -0.25) is 4.98 Å². The predicted octanol–water partition coefficient (Wildman–Crippen LogP) is 14.9. The van der Waals surface area contributed by atoms with Crippen LogP contribution in [-0.2, 0) is 0 Å². The van der Waals surface area contributed by atoms with Crippen molar-refractivity contribution in [3.63, 3.8) is 0 Å². The van der Waals surface area contributed by atoms with Gasteiger partial charge in [0, 0.05) is 33.7 Å². The third kappa shape index (κ3) is 7.20. The number of hydrogen-bond donors (Lipinski definition) is 0. The molecular weight excluding hydrogens is 753 g/mol. The van der Waals surface area contributed by atoms with Gasteiger partial charge in [0.1, 0.15) is 0 Å². The lowest BCUT2D eigenvalue weighted by atomic mass is 9.93. The van der Waals surface area contributed by atoms with Crippen molar-refractivity contribution in [2.24, 2.45) is 0 Å². The molecule has 0 N–H and O–H groups in total. The molecule has 0 aliphatic rings. The Morgan fingerprint density at radius 1 is 0.242 bits per heavy atom. The lowest BCUT2D eigenvalue weighted by molar-refractivity contribution is 1.07. The molecule has 0 atom stereocenters. The minimum absolute atomic E-state index is 0.628. The fourth-order valence-corrected chi connectivity index (χ4v) is 8.31. The predicted molar refractivity (Wildman–Crippen MR) is 256 cm³/mol. The Balaban J connectivity index is 0.874. The van der Waals surface area contributed by atoms with Crippen molar-refractivity contribution in [1.29, 1.82) is 0 Å². The molecule has 11 aromatic rings. The zero-order chi connectivity index (χ0) is 41.2. The van der Waals surface area contributed by atoms with Crippen LogP contribution in [0.5, 0.6) is 0 Å². The van der Waals surface area contributed by atoms with E-state index in [0.717, 1.165) is 49.8 Å². The zero-order valence-electron chi connectivity index (χ0n) is 33.7. The molecule has 11 rings (SSSR count). The van der Waals surface area contributed by atoms with E-state index in [1.807, 2.05) is 24.4 Å². The molecular formula is C58H38N4. The van der Waals surface area contributed by atoms with Crippen LogP contribution in [0, 0.1) is 0 Å². The Morgan fingerprint density at radius 3 is 0.968 bits per heavy atom. The standard InChI is InChI=1S/C58H38N4/c1-3-10-39(11-4-1)41-23-31-48(32-24-41)56-60-57(49-33-25-42(26-34-49)40-12-5-2-6-13-40)62-58(61-56)50-35-27-46(28-36-50)44-19-17-43(18-20-44)45-21-29-47(30-22-45)54-38-51-14-9-37-59-55(51)53-16-8-7-15-52(53)54/h1-38H. The average molecular weight is 791 g/mol. The summed E-state index contributed by atoms with van der Waals surface area (Å²) in [6.07, 6.45) is 1.87. The summed E-state index contributed by atoms with van der Waals surface area (Å²) in [4.78, 5) is 19.8. The first-order valence-electron chi connectivity index (χ1n) is 20.9. The topological polar surface area (TPSA) is 51.6 Å². The highest BCUT2D eigenvalue weighted by Crippen LogP contribution is 2.36. The first-order chi connectivity index (χ1) is 30.7. The summed E-state index contributed by atoms with van der Waals surface area (Å²) in [6, 6.07) is 78.8. The van der Waals surface area contributed by atoms with Crippen molar-refractivity contribution in [3.8, 4) is 89.8 Å². The smallest absolute Gasteiger partial charge is 0.164 e. The van der Waals surface area contributed by atoms with E-state index < -0.39 is 0 Å². The molecule has 0 radical (unpaired) electrons. The summed E-state index contributed by atoms with van der Waals surface area (Å²) in [5.41, 5.74) is 15.5. The molecule has 2 heterocycles. The molecule has 62 heavy (non-hydrogen) atoms. The Bertz CT molecular complexity index is 3230. The molecule has 0 aliphatic heterocycles. The molecule has 0 fully saturated rings. The van der Waals surface area contributed by atoms with Gasteiger partial charge >= 0.3 is 0 Å². The number of rotatable bonds is 8. The minimum atomic E-state index is 0.628. The van der Waals surface area contributed by atoms with Crippen LogP contribution in [0.3, 0.4) is 0 Å². The Labute approximate surface area is 360 Å². The fourth-order valence-electron chi connectivity index (χ4n) is 8.31. The van der Waals surface area contributed by atoms with E-state index in [4.69, 9.17) is 15.0 Å². The summed E-state index contributed by atoms with van der Waals surface area (Å²) in [6.45, 7) is 0. The van der Waals surface area contributed by atoms with E-state index in [1.165, 1.54) is 44.2 Å². The first-order valence-corrected chi connectivity index (χ1v) is 20.9. The largest absolute Gasteiger partial charge is 0.256 e. The van der Waals surface area contributed by atoms with Crippen molar-refractivity contribution in [3.05, 3.63) is 231 Å². The van der Waals surface area contributed by atoms with Crippen molar-refractivity contribution in [2.75, 3.05) is 0 Å². The second-order valence-corrected chi connectivity index (χ2v) is 15.5. The monoisotopic (exact) mass is 790 g/mol. The highest BCUT2D eigenvalue weighted by atomic mass is 15.0. The summed E-state index contributed by atoms with van der Waals surface area (Å²) >= 11 is 0. The van der Waals surface area contributed by atoms with E-state index in [1.54, 1.807) is 0 Å². The average Bonchev–Trinajstić information content (AvgIpc) is 3.37. The molecule has 0 unspecified atom stereocenters. The van der Waals surface area contributed by atoms with Crippen LogP contribution in [0.1, 0.15) is 0 Å². The first kappa shape index (κ1) is 36.7. The fraction of sp³-hybridized carbons (Fsp3) is 0. The lowest BCUT2D eigenvalue weighted by Gasteiger charge is -2.11. The van der Waals surface area contributed by atoms with Crippen molar-refractivity contribution < 1.29 is 0 Å². The van der Waals surface area contributed by atoms with Crippen LogP contribution in [0.25, 0.3) is 111 Å². The molecule has 290 valence electrons. The molecule has 9 aromatic carbocycles. The van der Waals surface area contributed by atoms with Crippen LogP contribution >= 0.6 is 0 Å². The second kappa shape index (κ2) is 16.0. The number of hydrogen-bond acceptors (Lipinski definition) is 4.